The molecule has 0 fully saturated rings. The molecule has 110 valence electrons. The number of rotatable bonds is 7. The second-order valence-corrected chi connectivity index (χ2v) is 7.01. The predicted molar refractivity (Wildman–Crippen MR) is 65.3 cm³/mol. The fraction of sp³-hybridized carbons (Fsp3) is 0.600. The first-order valence-corrected chi connectivity index (χ1v) is 7.80. The molecule has 4 nitrogen and oxygen atoms in total. The SMILES string of the molecule is O=S(=O)(NCCCCC(F)(F)F)c1ccc(CO)s1. The highest BCUT2D eigenvalue weighted by Crippen LogP contribution is 2.23. The van der Waals surface area contributed by atoms with Crippen molar-refractivity contribution in [2.45, 2.75) is 36.3 Å². The number of aliphatic hydroxyl groups excluding tert-OH is 1. The van der Waals surface area contributed by atoms with E-state index in [9.17, 15) is 21.6 Å². The Balaban J connectivity index is 2.39. The molecule has 1 aromatic heterocycles. The molecular formula is C10H14F3NO3S2. The number of sulfonamides is 1. The van der Waals surface area contributed by atoms with E-state index >= 15 is 0 Å². The number of hydrogen-bond donors (Lipinski definition) is 2. The summed E-state index contributed by atoms with van der Waals surface area (Å²) in [4.78, 5) is 0.512. The molecule has 0 atom stereocenters. The van der Waals surface area contributed by atoms with Crippen LogP contribution >= 0.6 is 11.3 Å². The minimum atomic E-state index is -4.21. The Morgan fingerprint density at radius 3 is 2.47 bits per heavy atom. The first-order chi connectivity index (χ1) is 8.74. The first kappa shape index (κ1) is 16.4. The van der Waals surface area contributed by atoms with Gasteiger partial charge in [0.15, 0.2) is 0 Å². The number of thiophene rings is 1. The van der Waals surface area contributed by atoms with E-state index < -0.39 is 22.6 Å². The average Bonchev–Trinajstić information content (AvgIpc) is 2.76. The van der Waals surface area contributed by atoms with Crippen LogP contribution in [0.3, 0.4) is 0 Å². The van der Waals surface area contributed by atoms with Crippen molar-refractivity contribution in [3.8, 4) is 0 Å². The van der Waals surface area contributed by atoms with Gasteiger partial charge in [0.05, 0.1) is 6.61 Å². The van der Waals surface area contributed by atoms with E-state index in [1.165, 1.54) is 12.1 Å². The summed E-state index contributed by atoms with van der Waals surface area (Å²) in [5.41, 5.74) is 0. The van der Waals surface area contributed by atoms with Gasteiger partial charge >= 0.3 is 6.18 Å². The Kier molecular flexibility index (Phi) is 5.78. The fourth-order valence-electron chi connectivity index (χ4n) is 1.32. The minimum absolute atomic E-state index is 0.0369. The molecule has 0 aliphatic rings. The molecule has 0 aliphatic heterocycles. The molecule has 1 aromatic rings. The third-order valence-electron chi connectivity index (χ3n) is 2.24. The van der Waals surface area contributed by atoms with Crippen LogP contribution in [0, 0.1) is 0 Å². The van der Waals surface area contributed by atoms with Gasteiger partial charge in [-0.05, 0) is 25.0 Å². The zero-order valence-corrected chi connectivity index (χ0v) is 11.5. The van der Waals surface area contributed by atoms with Gasteiger partial charge in [0.2, 0.25) is 10.0 Å². The standard InChI is InChI=1S/C10H14F3NO3S2/c11-10(12,13)5-1-2-6-14-19(16,17)9-4-3-8(7-15)18-9/h3-4,14-15H,1-2,5-7H2. The van der Waals surface area contributed by atoms with Gasteiger partial charge in [0, 0.05) is 17.8 Å². The van der Waals surface area contributed by atoms with Gasteiger partial charge in [-0.2, -0.15) is 13.2 Å². The summed E-state index contributed by atoms with van der Waals surface area (Å²) in [5, 5.41) is 8.83. The van der Waals surface area contributed by atoms with Crippen LogP contribution in [0.5, 0.6) is 0 Å². The van der Waals surface area contributed by atoms with Crippen LogP contribution in [-0.4, -0.2) is 26.2 Å². The third-order valence-corrected chi connectivity index (χ3v) is 5.26. The summed E-state index contributed by atoms with van der Waals surface area (Å²) in [6.45, 7) is -0.281. The number of alkyl halides is 3. The Morgan fingerprint density at radius 1 is 1.26 bits per heavy atom. The van der Waals surface area contributed by atoms with Gasteiger partial charge in [-0.3, -0.25) is 0 Å². The van der Waals surface area contributed by atoms with E-state index in [2.05, 4.69) is 4.72 Å². The highest BCUT2D eigenvalue weighted by atomic mass is 32.2. The number of hydrogen-bond acceptors (Lipinski definition) is 4. The predicted octanol–water partition coefficient (Wildman–Crippen LogP) is 2.25. The van der Waals surface area contributed by atoms with Crippen LogP contribution in [0.1, 0.15) is 24.1 Å². The van der Waals surface area contributed by atoms with Gasteiger partial charge in [-0.15, -0.1) is 11.3 Å². The van der Waals surface area contributed by atoms with Crippen LogP contribution < -0.4 is 4.72 Å². The zero-order valence-electron chi connectivity index (χ0n) is 9.90. The van der Waals surface area contributed by atoms with Crippen molar-refractivity contribution in [1.29, 1.82) is 0 Å². The van der Waals surface area contributed by atoms with Crippen LogP contribution in [0.25, 0.3) is 0 Å². The lowest BCUT2D eigenvalue weighted by atomic mass is 10.2. The lowest BCUT2D eigenvalue weighted by molar-refractivity contribution is -0.135. The summed E-state index contributed by atoms with van der Waals surface area (Å²) in [6, 6.07) is 2.84. The maximum Gasteiger partial charge on any atom is 0.389 e. The largest absolute Gasteiger partial charge is 0.391 e. The molecule has 19 heavy (non-hydrogen) atoms. The van der Waals surface area contributed by atoms with Gasteiger partial charge in [0.1, 0.15) is 4.21 Å². The van der Waals surface area contributed by atoms with Crippen molar-refractivity contribution in [2.24, 2.45) is 0 Å². The van der Waals surface area contributed by atoms with E-state index in [4.69, 9.17) is 5.11 Å². The smallest absolute Gasteiger partial charge is 0.389 e. The monoisotopic (exact) mass is 317 g/mol. The Morgan fingerprint density at radius 2 is 1.95 bits per heavy atom. The summed E-state index contributed by atoms with van der Waals surface area (Å²) < 4.78 is 61.3. The molecule has 2 N–H and O–H groups in total. The van der Waals surface area contributed by atoms with Crippen molar-refractivity contribution in [1.82, 2.24) is 4.72 Å². The van der Waals surface area contributed by atoms with Crippen LogP contribution in [0.2, 0.25) is 0 Å². The topological polar surface area (TPSA) is 66.4 Å². The average molecular weight is 317 g/mol. The van der Waals surface area contributed by atoms with Gasteiger partial charge < -0.3 is 5.11 Å². The molecule has 0 saturated heterocycles. The Hall–Kier alpha value is -0.640. The number of unbranched alkanes of at least 4 members (excludes halogenated alkanes) is 1. The van der Waals surface area contributed by atoms with E-state index in [0.717, 1.165) is 11.3 Å². The molecule has 0 saturated carbocycles. The zero-order chi connectivity index (χ0) is 14.5. The first-order valence-electron chi connectivity index (χ1n) is 5.50. The van der Waals surface area contributed by atoms with Gasteiger partial charge in [-0.25, -0.2) is 13.1 Å². The molecular weight excluding hydrogens is 303 g/mol. The molecule has 9 heteroatoms. The Bertz CT molecular complexity index is 496. The van der Waals surface area contributed by atoms with E-state index in [1.54, 1.807) is 0 Å². The third kappa shape index (κ3) is 5.89. The fourth-order valence-corrected chi connectivity index (χ4v) is 3.65. The maximum absolute atomic E-state index is 11.9. The van der Waals surface area contributed by atoms with Crippen molar-refractivity contribution < 1.29 is 26.7 Å². The summed E-state index contributed by atoms with van der Waals surface area (Å²) in [5.74, 6) is 0. The normalized spacial score (nSPS) is 12.8. The second-order valence-electron chi connectivity index (χ2n) is 3.85. The van der Waals surface area contributed by atoms with Crippen LogP contribution in [-0.2, 0) is 16.6 Å². The highest BCUT2D eigenvalue weighted by molar-refractivity contribution is 7.91. The summed E-state index contributed by atoms with van der Waals surface area (Å²) in [7, 11) is -3.69. The molecule has 1 heterocycles. The number of aliphatic hydroxyl groups is 1. The summed E-state index contributed by atoms with van der Waals surface area (Å²) in [6.07, 6.45) is -5.11. The molecule has 0 unspecified atom stereocenters. The molecule has 0 bridgehead atoms. The van der Waals surface area contributed by atoms with Crippen molar-refractivity contribution >= 4 is 21.4 Å². The van der Waals surface area contributed by atoms with Crippen LogP contribution in [0.4, 0.5) is 13.2 Å². The maximum atomic E-state index is 11.9. The van der Waals surface area contributed by atoms with Gasteiger partial charge in [-0.1, -0.05) is 0 Å². The molecule has 0 aliphatic carbocycles. The van der Waals surface area contributed by atoms with E-state index in [-0.39, 0.29) is 30.2 Å². The summed E-state index contributed by atoms with van der Waals surface area (Å²) >= 11 is 0.927. The van der Waals surface area contributed by atoms with Gasteiger partial charge in [0.25, 0.3) is 0 Å². The van der Waals surface area contributed by atoms with E-state index in [1.807, 2.05) is 0 Å². The minimum Gasteiger partial charge on any atom is -0.391 e. The molecule has 0 aromatic carbocycles. The van der Waals surface area contributed by atoms with Crippen molar-refractivity contribution in [3.63, 3.8) is 0 Å². The van der Waals surface area contributed by atoms with Crippen molar-refractivity contribution in [3.05, 3.63) is 17.0 Å². The molecule has 0 amide bonds. The molecule has 1 rings (SSSR count). The second kappa shape index (κ2) is 6.69. The van der Waals surface area contributed by atoms with Crippen LogP contribution in [0.15, 0.2) is 16.3 Å². The van der Waals surface area contributed by atoms with E-state index in [0.29, 0.717) is 4.88 Å². The quantitative estimate of drug-likeness (QED) is 0.758. The highest BCUT2D eigenvalue weighted by Gasteiger charge is 2.26. The Labute approximate surface area is 113 Å². The lowest BCUT2D eigenvalue weighted by Crippen LogP contribution is -2.24. The number of nitrogens with one attached hydrogen (secondary N) is 1. The lowest BCUT2D eigenvalue weighted by Gasteiger charge is -2.06. The molecule has 0 spiro atoms. The number of halogens is 3. The van der Waals surface area contributed by atoms with Crippen molar-refractivity contribution in [2.75, 3.05) is 6.54 Å². The molecule has 0 radical (unpaired) electrons.